The van der Waals surface area contributed by atoms with Crippen LogP contribution in [0.2, 0.25) is 0 Å². The first-order valence-corrected chi connectivity index (χ1v) is 12.4. The summed E-state index contributed by atoms with van der Waals surface area (Å²) in [5.41, 5.74) is 7.12. The molecule has 0 aliphatic heterocycles. The third-order valence-electron chi connectivity index (χ3n) is 7.33. The number of aromatic nitrogens is 2. The molecule has 2 aromatic heterocycles. The molecule has 4 aromatic carbocycles. The van der Waals surface area contributed by atoms with Gasteiger partial charge in [0.2, 0.25) is 11.8 Å². The number of benzene rings is 4. The molecule has 10 heteroatoms. The number of rotatable bonds is 6. The second kappa shape index (κ2) is 9.44. The Hall–Kier alpha value is -5.35. The first-order valence-electron chi connectivity index (χ1n) is 12.4. The van der Waals surface area contributed by atoms with E-state index in [9.17, 15) is 29.7 Å². The molecule has 0 fully saturated rings. The zero-order valence-corrected chi connectivity index (χ0v) is 20.9. The second-order valence-electron chi connectivity index (χ2n) is 9.52. The molecule has 0 saturated carbocycles. The first kappa shape index (κ1) is 25.0. The summed E-state index contributed by atoms with van der Waals surface area (Å²) in [4.78, 5) is 39.0. The molecule has 0 bridgehead atoms. The van der Waals surface area contributed by atoms with Crippen molar-refractivity contribution in [2.45, 2.75) is 12.5 Å². The zero-order chi connectivity index (χ0) is 28.1. The van der Waals surface area contributed by atoms with Crippen molar-refractivity contribution in [1.29, 1.82) is 5.53 Å². The molecule has 0 saturated heterocycles. The van der Waals surface area contributed by atoms with Crippen molar-refractivity contribution in [2.75, 3.05) is 6.61 Å². The molecule has 10 nitrogen and oxygen atoms in total. The highest BCUT2D eigenvalue weighted by molar-refractivity contribution is 6.24. The molecule has 0 aliphatic carbocycles. The topological polar surface area (TPSA) is 158 Å². The van der Waals surface area contributed by atoms with E-state index in [0.717, 1.165) is 10.1 Å². The SMILES string of the molecule is N=NC(=O)c1ccc(-n2c(O)c3ccc4c(=O)n(C(CO)Cc5ccccc5)c(O)c5ccc(c2=O)c3c54)cc1. The highest BCUT2D eigenvalue weighted by Crippen LogP contribution is 2.40. The number of nitrogens with one attached hydrogen (secondary N) is 1. The monoisotopic (exact) mass is 534 g/mol. The van der Waals surface area contributed by atoms with Gasteiger partial charge in [-0.05, 0) is 60.5 Å². The maximum absolute atomic E-state index is 13.7. The summed E-state index contributed by atoms with van der Waals surface area (Å²) in [6.45, 7) is -0.387. The Balaban J connectivity index is 1.59. The Morgan fingerprint density at radius 1 is 0.775 bits per heavy atom. The van der Waals surface area contributed by atoms with Gasteiger partial charge in [0.15, 0.2) is 0 Å². The minimum Gasteiger partial charge on any atom is -0.494 e. The Bertz CT molecular complexity index is 2060. The van der Waals surface area contributed by atoms with Crippen molar-refractivity contribution >= 4 is 38.2 Å². The maximum Gasteiger partial charge on any atom is 0.294 e. The van der Waals surface area contributed by atoms with Gasteiger partial charge in [0.05, 0.1) is 18.3 Å². The molecule has 0 spiro atoms. The van der Waals surface area contributed by atoms with Gasteiger partial charge in [-0.25, -0.2) is 10.1 Å². The van der Waals surface area contributed by atoms with Gasteiger partial charge in [-0.3, -0.25) is 19.0 Å². The van der Waals surface area contributed by atoms with Crippen LogP contribution in [0.25, 0.3) is 38.0 Å². The summed E-state index contributed by atoms with van der Waals surface area (Å²) >= 11 is 0. The summed E-state index contributed by atoms with van der Waals surface area (Å²) < 4.78 is 2.27. The maximum atomic E-state index is 13.7. The summed E-state index contributed by atoms with van der Waals surface area (Å²) in [5.74, 6) is -1.46. The highest BCUT2D eigenvalue weighted by Gasteiger charge is 2.25. The third kappa shape index (κ3) is 3.65. The van der Waals surface area contributed by atoms with Crippen molar-refractivity contribution < 1.29 is 20.1 Å². The average molecular weight is 535 g/mol. The fraction of sp³-hybridized carbons (Fsp3) is 0.100. The average Bonchev–Trinajstić information content (AvgIpc) is 2.98. The van der Waals surface area contributed by atoms with Gasteiger partial charge in [-0.2, -0.15) is 0 Å². The van der Waals surface area contributed by atoms with Crippen LogP contribution in [0.1, 0.15) is 22.0 Å². The van der Waals surface area contributed by atoms with E-state index >= 15 is 0 Å². The molecule has 6 aromatic rings. The van der Waals surface area contributed by atoms with Crippen molar-refractivity contribution in [1.82, 2.24) is 9.13 Å². The Kier molecular flexibility index (Phi) is 5.89. The lowest BCUT2D eigenvalue weighted by Crippen LogP contribution is -2.29. The number of aromatic hydroxyl groups is 2. The van der Waals surface area contributed by atoms with Gasteiger partial charge in [-0.15, -0.1) is 5.11 Å². The van der Waals surface area contributed by atoms with Crippen molar-refractivity contribution in [3.8, 4) is 17.4 Å². The molecule has 40 heavy (non-hydrogen) atoms. The summed E-state index contributed by atoms with van der Waals surface area (Å²) in [5, 5.41) is 37.3. The Morgan fingerprint density at radius 3 is 1.95 bits per heavy atom. The molecule has 1 atom stereocenters. The van der Waals surface area contributed by atoms with Gasteiger partial charge < -0.3 is 15.3 Å². The van der Waals surface area contributed by atoms with Crippen LogP contribution in [0.5, 0.6) is 11.8 Å². The van der Waals surface area contributed by atoms with Gasteiger partial charge in [0.1, 0.15) is 0 Å². The molecule has 198 valence electrons. The van der Waals surface area contributed by atoms with Crippen molar-refractivity contribution in [2.24, 2.45) is 5.11 Å². The van der Waals surface area contributed by atoms with Crippen LogP contribution < -0.4 is 11.1 Å². The number of nitrogens with zero attached hydrogens (tertiary/aromatic N) is 3. The molecular formula is C30H22N4O6. The smallest absolute Gasteiger partial charge is 0.294 e. The number of hydrogen-bond donors (Lipinski definition) is 4. The third-order valence-corrected chi connectivity index (χ3v) is 7.33. The minimum atomic E-state index is -0.740. The minimum absolute atomic E-state index is 0.157. The van der Waals surface area contributed by atoms with Crippen LogP contribution >= 0.6 is 0 Å². The first-order chi connectivity index (χ1) is 19.3. The standard InChI is InChI=1S/C30H22N4O6/c31-32-26(36)17-6-8-18(9-7-17)33-27(37)20-10-12-22-25-23(13-11-21(24(20)25)28(33)38)30(40)34(29(22)39)19(15-35)14-16-4-2-1-3-5-16/h1-13,19,31,35,37,40H,14-15H2. The molecule has 2 heterocycles. The highest BCUT2D eigenvalue weighted by atomic mass is 16.3. The number of aliphatic hydroxyl groups is 1. The largest absolute Gasteiger partial charge is 0.494 e. The molecule has 4 N–H and O–H groups in total. The number of hydrogen-bond acceptors (Lipinski definition) is 7. The molecule has 1 unspecified atom stereocenters. The van der Waals surface area contributed by atoms with E-state index in [1.165, 1.54) is 41.0 Å². The lowest BCUT2D eigenvalue weighted by molar-refractivity contribution is 0.0991. The predicted octanol–water partition coefficient (Wildman–Crippen LogP) is 4.26. The van der Waals surface area contributed by atoms with Gasteiger partial charge in [0.25, 0.3) is 17.0 Å². The quantitative estimate of drug-likeness (QED) is 0.185. The number of amides is 1. The van der Waals surface area contributed by atoms with E-state index in [-0.39, 0.29) is 45.8 Å². The van der Waals surface area contributed by atoms with E-state index < -0.39 is 23.1 Å². The normalized spacial score (nSPS) is 12.3. The van der Waals surface area contributed by atoms with E-state index in [4.69, 9.17) is 5.53 Å². The zero-order valence-electron chi connectivity index (χ0n) is 20.9. The van der Waals surface area contributed by atoms with Crippen LogP contribution in [0.4, 0.5) is 0 Å². The summed E-state index contributed by atoms with van der Waals surface area (Å²) in [6.07, 6.45) is 0.310. The van der Waals surface area contributed by atoms with Crippen LogP contribution in [0, 0.1) is 5.53 Å². The fourth-order valence-corrected chi connectivity index (χ4v) is 5.44. The lowest BCUT2D eigenvalue weighted by atomic mass is 9.95. The molecule has 1 amide bonds. The summed E-state index contributed by atoms with van der Waals surface area (Å²) in [7, 11) is 0. The van der Waals surface area contributed by atoms with E-state index in [0.29, 0.717) is 22.6 Å². The predicted molar refractivity (Wildman–Crippen MR) is 149 cm³/mol. The van der Waals surface area contributed by atoms with Gasteiger partial charge in [0, 0.05) is 37.9 Å². The van der Waals surface area contributed by atoms with E-state index in [2.05, 4.69) is 5.11 Å². The van der Waals surface area contributed by atoms with E-state index in [1.807, 2.05) is 30.3 Å². The number of carbonyl (C=O) groups is 1. The Morgan fingerprint density at radius 2 is 1.35 bits per heavy atom. The van der Waals surface area contributed by atoms with Gasteiger partial charge in [-0.1, -0.05) is 30.3 Å². The number of pyridine rings is 2. The molecule has 6 rings (SSSR count). The Labute approximate surface area is 225 Å². The molecular weight excluding hydrogens is 512 g/mol. The molecule has 0 radical (unpaired) electrons. The number of aliphatic hydroxyl groups excluding tert-OH is 1. The fourth-order valence-electron chi connectivity index (χ4n) is 5.44. The second-order valence-corrected chi connectivity index (χ2v) is 9.52. The molecule has 0 aliphatic rings. The number of carbonyl (C=O) groups excluding carboxylic acids is 1. The van der Waals surface area contributed by atoms with Crippen LogP contribution in [0.3, 0.4) is 0 Å². The van der Waals surface area contributed by atoms with E-state index in [1.54, 1.807) is 12.1 Å². The van der Waals surface area contributed by atoms with Crippen LogP contribution in [-0.4, -0.2) is 37.0 Å². The van der Waals surface area contributed by atoms with Gasteiger partial charge >= 0.3 is 0 Å². The van der Waals surface area contributed by atoms with Crippen LogP contribution in [0.15, 0.2) is 93.6 Å². The van der Waals surface area contributed by atoms with Crippen molar-refractivity contribution in [3.63, 3.8) is 0 Å². The summed E-state index contributed by atoms with van der Waals surface area (Å²) in [6, 6.07) is 20.5. The lowest BCUT2D eigenvalue weighted by Gasteiger charge is -2.22. The van der Waals surface area contributed by atoms with Crippen molar-refractivity contribution in [3.05, 3.63) is 111 Å². The van der Waals surface area contributed by atoms with Crippen LogP contribution in [-0.2, 0) is 6.42 Å².